The van der Waals surface area contributed by atoms with E-state index >= 15 is 0 Å². The molecule has 116 valence electrons. The summed E-state index contributed by atoms with van der Waals surface area (Å²) in [7, 11) is 0. The molecule has 1 aliphatic heterocycles. The standard InChI is InChI=1S/C8H6N4.C4H9N.2C2H6/c1-2-10-8-6(1)12-4-3-9-7(12)5-11-8;1-2-4-5-3-1;2*1-2/h1-5,10H;5H,1-4H2;2*1-2H3. The van der Waals surface area contributed by atoms with Crippen molar-refractivity contribution in [2.45, 2.75) is 40.5 Å². The van der Waals surface area contributed by atoms with Gasteiger partial charge in [-0.15, -0.1) is 0 Å². The number of hydrogen-bond acceptors (Lipinski definition) is 3. The second-order valence-electron chi connectivity index (χ2n) is 4.08. The molecule has 0 saturated carbocycles. The zero-order valence-corrected chi connectivity index (χ0v) is 13.6. The van der Waals surface area contributed by atoms with E-state index < -0.39 is 0 Å². The summed E-state index contributed by atoms with van der Waals surface area (Å²) in [6.07, 6.45) is 10.1. The molecule has 21 heavy (non-hydrogen) atoms. The van der Waals surface area contributed by atoms with Gasteiger partial charge in [0.05, 0.1) is 11.7 Å². The Hall–Kier alpha value is -1.88. The van der Waals surface area contributed by atoms with Crippen LogP contribution in [0.2, 0.25) is 0 Å². The van der Waals surface area contributed by atoms with E-state index in [4.69, 9.17) is 0 Å². The van der Waals surface area contributed by atoms with Crippen LogP contribution in [0.1, 0.15) is 40.5 Å². The molecule has 0 atom stereocenters. The Labute approximate surface area is 126 Å². The van der Waals surface area contributed by atoms with Gasteiger partial charge in [0, 0.05) is 18.6 Å². The first kappa shape index (κ1) is 17.2. The molecule has 0 aromatic carbocycles. The summed E-state index contributed by atoms with van der Waals surface area (Å²) in [5.74, 6) is 0. The van der Waals surface area contributed by atoms with Crippen LogP contribution in [0.5, 0.6) is 0 Å². The SMILES string of the molecule is C1CCNC1.CC.CC.c1cn2c(cnc3[nH]ccc32)n1. The van der Waals surface area contributed by atoms with Gasteiger partial charge in [-0.25, -0.2) is 9.97 Å². The quantitative estimate of drug-likeness (QED) is 0.664. The van der Waals surface area contributed by atoms with Gasteiger partial charge in [-0.2, -0.15) is 0 Å². The number of H-pyrrole nitrogens is 1. The Morgan fingerprint density at radius 1 is 1.05 bits per heavy atom. The van der Waals surface area contributed by atoms with Crippen molar-refractivity contribution in [3.63, 3.8) is 0 Å². The fourth-order valence-electron chi connectivity index (χ4n) is 2.01. The molecule has 1 fully saturated rings. The summed E-state index contributed by atoms with van der Waals surface area (Å²) < 4.78 is 2.00. The third kappa shape index (κ3) is 4.56. The molecule has 1 aliphatic rings. The van der Waals surface area contributed by atoms with E-state index in [0.29, 0.717) is 0 Å². The summed E-state index contributed by atoms with van der Waals surface area (Å²) >= 11 is 0. The van der Waals surface area contributed by atoms with Crippen molar-refractivity contribution in [1.82, 2.24) is 24.7 Å². The summed E-state index contributed by atoms with van der Waals surface area (Å²) in [5.41, 5.74) is 2.83. The molecule has 4 heterocycles. The minimum absolute atomic E-state index is 0.877. The predicted octanol–water partition coefficient (Wildman–Crippen LogP) is 3.63. The molecule has 3 aromatic rings. The Bertz CT molecular complexity index is 550. The van der Waals surface area contributed by atoms with Crippen LogP contribution in [0, 0.1) is 0 Å². The van der Waals surface area contributed by atoms with Gasteiger partial charge in [0.15, 0.2) is 11.3 Å². The van der Waals surface area contributed by atoms with E-state index in [1.807, 2.05) is 50.6 Å². The number of hydrogen-bond donors (Lipinski definition) is 2. The molecule has 0 aliphatic carbocycles. The number of imidazole rings is 1. The largest absolute Gasteiger partial charge is 0.345 e. The second kappa shape index (κ2) is 9.94. The maximum atomic E-state index is 4.20. The normalized spacial score (nSPS) is 12.8. The number of aromatic nitrogens is 4. The number of aromatic amines is 1. The highest BCUT2D eigenvalue weighted by molar-refractivity contribution is 5.73. The van der Waals surface area contributed by atoms with Crippen LogP contribution >= 0.6 is 0 Å². The lowest BCUT2D eigenvalue weighted by atomic mass is 10.4. The fourth-order valence-corrected chi connectivity index (χ4v) is 2.01. The Balaban J connectivity index is 0.000000207. The van der Waals surface area contributed by atoms with Crippen molar-refractivity contribution < 1.29 is 0 Å². The first-order valence-electron chi connectivity index (χ1n) is 7.91. The molecule has 0 spiro atoms. The molecule has 4 rings (SSSR count). The van der Waals surface area contributed by atoms with Crippen LogP contribution in [0.3, 0.4) is 0 Å². The van der Waals surface area contributed by atoms with Crippen molar-refractivity contribution >= 4 is 16.8 Å². The van der Waals surface area contributed by atoms with E-state index in [-0.39, 0.29) is 0 Å². The highest BCUT2D eigenvalue weighted by Crippen LogP contribution is 2.10. The molecular formula is C16H27N5. The van der Waals surface area contributed by atoms with Crippen LogP contribution < -0.4 is 5.32 Å². The van der Waals surface area contributed by atoms with E-state index in [2.05, 4.69) is 20.3 Å². The minimum Gasteiger partial charge on any atom is -0.345 e. The highest BCUT2D eigenvalue weighted by Gasteiger charge is 2.00. The van der Waals surface area contributed by atoms with Crippen LogP contribution in [-0.4, -0.2) is 32.4 Å². The summed E-state index contributed by atoms with van der Waals surface area (Å²) in [6, 6.07) is 1.98. The molecule has 5 nitrogen and oxygen atoms in total. The van der Waals surface area contributed by atoms with Crippen molar-refractivity contribution in [1.29, 1.82) is 0 Å². The maximum absolute atomic E-state index is 4.20. The summed E-state index contributed by atoms with van der Waals surface area (Å²) in [6.45, 7) is 10.5. The fraction of sp³-hybridized carbons (Fsp3) is 0.500. The molecule has 3 aromatic heterocycles. The summed E-state index contributed by atoms with van der Waals surface area (Å²) in [5, 5.41) is 3.22. The zero-order valence-electron chi connectivity index (χ0n) is 13.6. The second-order valence-corrected chi connectivity index (χ2v) is 4.08. The molecule has 0 amide bonds. The van der Waals surface area contributed by atoms with Gasteiger partial charge in [-0.05, 0) is 32.0 Å². The topological polar surface area (TPSA) is 58.0 Å². The van der Waals surface area contributed by atoms with Crippen molar-refractivity contribution in [3.8, 4) is 0 Å². The molecule has 0 bridgehead atoms. The van der Waals surface area contributed by atoms with E-state index in [9.17, 15) is 0 Å². The van der Waals surface area contributed by atoms with Crippen molar-refractivity contribution in [3.05, 3.63) is 30.9 Å². The molecule has 2 N–H and O–H groups in total. The number of nitrogens with one attached hydrogen (secondary N) is 2. The monoisotopic (exact) mass is 289 g/mol. The smallest absolute Gasteiger partial charge is 0.155 e. The Kier molecular flexibility index (Phi) is 8.12. The molecule has 0 unspecified atom stereocenters. The maximum Gasteiger partial charge on any atom is 0.155 e. The predicted molar refractivity (Wildman–Crippen MR) is 89.6 cm³/mol. The first-order chi connectivity index (χ1) is 10.4. The minimum atomic E-state index is 0.877. The van der Waals surface area contributed by atoms with E-state index in [1.54, 1.807) is 12.4 Å². The number of nitrogens with zero attached hydrogens (tertiary/aromatic N) is 3. The third-order valence-corrected chi connectivity index (χ3v) is 2.90. The van der Waals surface area contributed by atoms with Gasteiger partial charge in [-0.1, -0.05) is 27.7 Å². The lowest BCUT2D eigenvalue weighted by Crippen LogP contribution is -2.03. The van der Waals surface area contributed by atoms with Crippen LogP contribution in [0.4, 0.5) is 0 Å². The van der Waals surface area contributed by atoms with Crippen molar-refractivity contribution in [2.75, 3.05) is 13.1 Å². The van der Waals surface area contributed by atoms with E-state index in [1.165, 1.54) is 25.9 Å². The molecular weight excluding hydrogens is 262 g/mol. The lowest BCUT2D eigenvalue weighted by Gasteiger charge is -1.93. The van der Waals surface area contributed by atoms with Gasteiger partial charge in [0.2, 0.25) is 0 Å². The van der Waals surface area contributed by atoms with Gasteiger partial charge in [0.1, 0.15) is 0 Å². The van der Waals surface area contributed by atoms with Crippen LogP contribution in [0.15, 0.2) is 30.9 Å². The van der Waals surface area contributed by atoms with Gasteiger partial charge in [0.25, 0.3) is 0 Å². The average Bonchev–Trinajstić information content (AvgIpc) is 3.30. The zero-order chi connectivity index (χ0) is 15.5. The Morgan fingerprint density at radius 3 is 2.38 bits per heavy atom. The van der Waals surface area contributed by atoms with Gasteiger partial charge in [-0.3, -0.25) is 4.40 Å². The third-order valence-electron chi connectivity index (χ3n) is 2.90. The Morgan fingerprint density at radius 2 is 1.76 bits per heavy atom. The lowest BCUT2D eigenvalue weighted by molar-refractivity contribution is 0.857. The van der Waals surface area contributed by atoms with Crippen molar-refractivity contribution in [2.24, 2.45) is 0 Å². The summed E-state index contributed by atoms with van der Waals surface area (Å²) in [4.78, 5) is 11.4. The van der Waals surface area contributed by atoms with Gasteiger partial charge >= 0.3 is 0 Å². The number of fused-ring (bicyclic) bond motifs is 3. The van der Waals surface area contributed by atoms with E-state index in [0.717, 1.165) is 16.8 Å². The molecule has 0 radical (unpaired) electrons. The van der Waals surface area contributed by atoms with Crippen LogP contribution in [0.25, 0.3) is 16.8 Å². The van der Waals surface area contributed by atoms with Crippen LogP contribution in [-0.2, 0) is 0 Å². The van der Waals surface area contributed by atoms with Gasteiger partial charge < -0.3 is 10.3 Å². The molecule has 1 saturated heterocycles. The number of rotatable bonds is 0. The molecule has 5 heteroatoms. The highest BCUT2D eigenvalue weighted by atomic mass is 15.0. The first-order valence-corrected chi connectivity index (χ1v) is 7.91. The average molecular weight is 289 g/mol.